The number of thiophene rings is 1. The average molecular weight is 330 g/mol. The number of nitrogens with zero attached hydrogens (tertiary/aromatic N) is 3. The first kappa shape index (κ1) is 13.4. The number of rotatable bonds is 4. The first-order valence-corrected chi connectivity index (χ1v) is 8.36. The van der Waals surface area contributed by atoms with Crippen LogP contribution in [0.3, 0.4) is 0 Å². The summed E-state index contributed by atoms with van der Waals surface area (Å²) in [6, 6.07) is 10.5. The third-order valence-corrected chi connectivity index (χ3v) is 4.91. The summed E-state index contributed by atoms with van der Waals surface area (Å²) in [5, 5.41) is 10.6. The Hall–Kier alpha value is -2.25. The predicted molar refractivity (Wildman–Crippen MR) is 87.9 cm³/mol. The number of nitrogens with one attached hydrogen (secondary N) is 1. The molecule has 0 aliphatic heterocycles. The Morgan fingerprint density at radius 2 is 2.18 bits per heavy atom. The minimum atomic E-state index is -0.264. The van der Waals surface area contributed by atoms with Crippen LogP contribution in [-0.2, 0) is 6.54 Å². The third-order valence-electron chi connectivity index (χ3n) is 3.16. The fraction of sp³-hybridized carbons (Fsp3) is 0.0667. The second-order valence-corrected chi connectivity index (χ2v) is 6.69. The molecule has 7 heteroatoms. The largest absolute Gasteiger partial charge is 0.355 e. The Kier molecular flexibility index (Phi) is 3.36. The summed E-state index contributed by atoms with van der Waals surface area (Å²) < 4.78 is 15.0. The maximum Gasteiger partial charge on any atom is 0.214 e. The minimum absolute atomic E-state index is 0.264. The van der Waals surface area contributed by atoms with E-state index >= 15 is 0 Å². The number of benzene rings is 1. The van der Waals surface area contributed by atoms with Gasteiger partial charge >= 0.3 is 0 Å². The molecule has 0 fully saturated rings. The molecule has 4 aromatic rings. The van der Waals surface area contributed by atoms with Crippen LogP contribution >= 0.6 is 22.7 Å². The van der Waals surface area contributed by atoms with Crippen LogP contribution in [0.5, 0.6) is 0 Å². The van der Waals surface area contributed by atoms with Crippen LogP contribution in [-0.4, -0.2) is 14.6 Å². The Morgan fingerprint density at radius 1 is 1.23 bits per heavy atom. The van der Waals surface area contributed by atoms with E-state index < -0.39 is 0 Å². The van der Waals surface area contributed by atoms with E-state index in [1.165, 1.54) is 28.3 Å². The highest BCUT2D eigenvalue weighted by molar-refractivity contribution is 7.20. The smallest absolute Gasteiger partial charge is 0.214 e. The maximum atomic E-state index is 13.3. The highest BCUT2D eigenvalue weighted by Crippen LogP contribution is 2.25. The van der Waals surface area contributed by atoms with Crippen LogP contribution in [0.15, 0.2) is 48.0 Å². The quantitative estimate of drug-likeness (QED) is 0.607. The molecular formula is C15H11FN4S2. The van der Waals surface area contributed by atoms with Crippen molar-refractivity contribution in [3.63, 3.8) is 0 Å². The molecule has 0 amide bonds. The van der Waals surface area contributed by atoms with Crippen molar-refractivity contribution >= 4 is 32.8 Å². The molecule has 0 saturated heterocycles. The van der Waals surface area contributed by atoms with Gasteiger partial charge in [0.15, 0.2) is 0 Å². The summed E-state index contributed by atoms with van der Waals surface area (Å²) in [5.74, 6) is -0.264. The van der Waals surface area contributed by atoms with Crippen molar-refractivity contribution < 1.29 is 4.39 Å². The van der Waals surface area contributed by atoms with Gasteiger partial charge in [-0.2, -0.15) is 0 Å². The summed E-state index contributed by atoms with van der Waals surface area (Å²) in [4.78, 5) is 6.55. The van der Waals surface area contributed by atoms with E-state index in [4.69, 9.17) is 0 Å². The summed E-state index contributed by atoms with van der Waals surface area (Å²) in [6.07, 6.45) is 1.82. The average Bonchev–Trinajstić information content (AvgIpc) is 3.21. The van der Waals surface area contributed by atoms with E-state index in [0.29, 0.717) is 0 Å². The fourth-order valence-electron chi connectivity index (χ4n) is 2.13. The van der Waals surface area contributed by atoms with Crippen LogP contribution in [0.2, 0.25) is 0 Å². The number of halogens is 1. The summed E-state index contributed by atoms with van der Waals surface area (Å²) in [6.45, 7) is 0.755. The fourth-order valence-corrected chi connectivity index (χ4v) is 3.56. The molecule has 0 bridgehead atoms. The second kappa shape index (κ2) is 5.51. The number of aromatic nitrogens is 3. The van der Waals surface area contributed by atoms with Crippen molar-refractivity contribution in [1.29, 1.82) is 0 Å². The highest BCUT2D eigenvalue weighted by Gasteiger charge is 2.10. The number of hydrogen-bond acceptors (Lipinski definition) is 5. The van der Waals surface area contributed by atoms with E-state index in [1.807, 2.05) is 18.3 Å². The van der Waals surface area contributed by atoms with Crippen molar-refractivity contribution in [2.24, 2.45) is 0 Å². The SMILES string of the molecule is Fc1cccc(-c2cn3nc(NCc4cccs4)sc3n2)c1. The third kappa shape index (κ3) is 2.60. The zero-order chi connectivity index (χ0) is 14.9. The molecule has 22 heavy (non-hydrogen) atoms. The van der Waals surface area contributed by atoms with E-state index in [-0.39, 0.29) is 5.82 Å². The van der Waals surface area contributed by atoms with Gasteiger partial charge in [-0.05, 0) is 23.6 Å². The Balaban J connectivity index is 1.57. The number of anilines is 1. The van der Waals surface area contributed by atoms with Gasteiger partial charge in [-0.15, -0.1) is 16.4 Å². The van der Waals surface area contributed by atoms with E-state index in [1.54, 1.807) is 21.9 Å². The molecule has 110 valence electrons. The lowest BCUT2D eigenvalue weighted by Gasteiger charge is -1.98. The van der Waals surface area contributed by atoms with Crippen molar-refractivity contribution in [1.82, 2.24) is 14.6 Å². The zero-order valence-corrected chi connectivity index (χ0v) is 13.0. The molecule has 0 aliphatic carbocycles. The molecule has 0 aliphatic rings. The molecule has 4 rings (SSSR count). The van der Waals surface area contributed by atoms with Gasteiger partial charge in [0.2, 0.25) is 10.1 Å². The minimum Gasteiger partial charge on any atom is -0.355 e. The lowest BCUT2D eigenvalue weighted by atomic mass is 10.2. The van der Waals surface area contributed by atoms with Crippen molar-refractivity contribution in [2.45, 2.75) is 6.54 Å². The van der Waals surface area contributed by atoms with Crippen LogP contribution in [0.1, 0.15) is 4.88 Å². The molecule has 3 heterocycles. The molecule has 1 N–H and O–H groups in total. The Labute approximate surface area is 133 Å². The summed E-state index contributed by atoms with van der Waals surface area (Å²) in [7, 11) is 0. The first-order chi connectivity index (χ1) is 10.8. The molecular weight excluding hydrogens is 319 g/mol. The normalized spacial score (nSPS) is 11.1. The van der Waals surface area contributed by atoms with Gasteiger partial charge in [-0.25, -0.2) is 13.9 Å². The van der Waals surface area contributed by atoms with E-state index in [0.717, 1.165) is 27.9 Å². The molecule has 0 saturated carbocycles. The van der Waals surface area contributed by atoms with Crippen molar-refractivity contribution in [3.8, 4) is 11.3 Å². The monoisotopic (exact) mass is 330 g/mol. The molecule has 0 spiro atoms. The molecule has 4 nitrogen and oxygen atoms in total. The first-order valence-electron chi connectivity index (χ1n) is 6.66. The van der Waals surface area contributed by atoms with Gasteiger partial charge in [0, 0.05) is 10.4 Å². The lowest BCUT2D eigenvalue weighted by Crippen LogP contribution is -1.97. The zero-order valence-electron chi connectivity index (χ0n) is 11.4. The van der Waals surface area contributed by atoms with Crippen LogP contribution in [0.25, 0.3) is 16.2 Å². The van der Waals surface area contributed by atoms with E-state index in [9.17, 15) is 4.39 Å². The van der Waals surface area contributed by atoms with Gasteiger partial charge < -0.3 is 5.32 Å². The van der Waals surface area contributed by atoms with Crippen LogP contribution < -0.4 is 5.32 Å². The summed E-state index contributed by atoms with van der Waals surface area (Å²) in [5.41, 5.74) is 1.48. The lowest BCUT2D eigenvalue weighted by molar-refractivity contribution is 0.628. The summed E-state index contributed by atoms with van der Waals surface area (Å²) >= 11 is 3.19. The molecule has 0 radical (unpaired) electrons. The highest BCUT2D eigenvalue weighted by atomic mass is 32.1. The molecule has 0 atom stereocenters. The number of fused-ring (bicyclic) bond motifs is 1. The Morgan fingerprint density at radius 3 is 2.95 bits per heavy atom. The van der Waals surface area contributed by atoms with Gasteiger partial charge in [0.25, 0.3) is 0 Å². The van der Waals surface area contributed by atoms with Gasteiger partial charge in [0.1, 0.15) is 5.82 Å². The van der Waals surface area contributed by atoms with Crippen molar-refractivity contribution in [3.05, 3.63) is 58.7 Å². The Bertz CT molecular complexity index is 879. The van der Waals surface area contributed by atoms with Crippen LogP contribution in [0.4, 0.5) is 9.52 Å². The standard InChI is InChI=1S/C15H11FN4S2/c16-11-4-1-3-10(7-11)13-9-20-15(18-13)22-14(19-20)17-8-12-5-2-6-21-12/h1-7,9H,8H2,(H,17,19). The van der Waals surface area contributed by atoms with Gasteiger partial charge in [0.05, 0.1) is 18.4 Å². The number of hydrogen-bond donors (Lipinski definition) is 1. The maximum absolute atomic E-state index is 13.3. The van der Waals surface area contributed by atoms with Gasteiger partial charge in [-0.1, -0.05) is 29.5 Å². The molecule has 0 unspecified atom stereocenters. The predicted octanol–water partition coefficient (Wildman–Crippen LogP) is 4.27. The molecule has 1 aromatic carbocycles. The van der Waals surface area contributed by atoms with Crippen LogP contribution in [0, 0.1) is 5.82 Å². The topological polar surface area (TPSA) is 42.2 Å². The second-order valence-electron chi connectivity index (χ2n) is 4.70. The van der Waals surface area contributed by atoms with Gasteiger partial charge in [-0.3, -0.25) is 0 Å². The van der Waals surface area contributed by atoms with Crippen molar-refractivity contribution in [2.75, 3.05) is 5.32 Å². The number of imidazole rings is 1. The van der Waals surface area contributed by atoms with E-state index in [2.05, 4.69) is 26.8 Å². The molecule has 3 aromatic heterocycles.